The van der Waals surface area contributed by atoms with E-state index in [1.54, 1.807) is 18.3 Å². The highest BCUT2D eigenvalue weighted by molar-refractivity contribution is 7.15. The fraction of sp³-hybridized carbons (Fsp3) is 0.714. The maximum atomic E-state index is 12.0. The SMILES string of the molecule is C[C@H](OC[C@H]1CCCO1)C(=O)Nc1nc2c(s1)CCC2. The van der Waals surface area contributed by atoms with Gasteiger partial charge in [0.2, 0.25) is 0 Å². The van der Waals surface area contributed by atoms with Crippen LogP contribution in [0, 0.1) is 0 Å². The number of anilines is 1. The second kappa shape index (κ2) is 6.20. The molecule has 1 aliphatic heterocycles. The number of hydrogen-bond donors (Lipinski definition) is 1. The van der Waals surface area contributed by atoms with Crippen LogP contribution in [0.5, 0.6) is 0 Å². The van der Waals surface area contributed by atoms with Gasteiger partial charge >= 0.3 is 0 Å². The molecule has 1 aromatic rings. The third-order valence-electron chi connectivity index (χ3n) is 3.75. The summed E-state index contributed by atoms with van der Waals surface area (Å²) in [4.78, 5) is 17.8. The Morgan fingerprint density at radius 1 is 1.55 bits per heavy atom. The molecule has 3 rings (SSSR count). The van der Waals surface area contributed by atoms with Gasteiger partial charge in [-0.3, -0.25) is 10.1 Å². The molecule has 1 amide bonds. The van der Waals surface area contributed by atoms with Gasteiger partial charge in [0.1, 0.15) is 6.10 Å². The van der Waals surface area contributed by atoms with Crippen molar-refractivity contribution in [3.63, 3.8) is 0 Å². The molecule has 1 aromatic heterocycles. The maximum Gasteiger partial charge on any atom is 0.254 e. The molecule has 0 bridgehead atoms. The summed E-state index contributed by atoms with van der Waals surface area (Å²) >= 11 is 1.59. The number of hydrogen-bond acceptors (Lipinski definition) is 5. The van der Waals surface area contributed by atoms with Gasteiger partial charge in [-0.2, -0.15) is 0 Å². The lowest BCUT2D eigenvalue weighted by molar-refractivity contribution is -0.128. The number of thiazole rings is 1. The molecule has 20 heavy (non-hydrogen) atoms. The third-order valence-corrected chi connectivity index (χ3v) is 4.82. The van der Waals surface area contributed by atoms with Gasteiger partial charge in [-0.05, 0) is 39.0 Å². The predicted octanol–water partition coefficient (Wildman–Crippen LogP) is 2.15. The standard InChI is InChI=1S/C14H20N2O3S/c1-9(19-8-10-4-3-7-18-10)13(17)16-14-15-11-5-2-6-12(11)20-14/h9-10H,2-8H2,1H3,(H,15,16,17)/t9-,10+/m0/s1. The van der Waals surface area contributed by atoms with Crippen molar-refractivity contribution in [2.75, 3.05) is 18.5 Å². The monoisotopic (exact) mass is 296 g/mol. The fourth-order valence-electron chi connectivity index (χ4n) is 2.55. The first-order chi connectivity index (χ1) is 9.72. The van der Waals surface area contributed by atoms with Gasteiger partial charge in [-0.15, -0.1) is 11.3 Å². The molecule has 0 unspecified atom stereocenters. The van der Waals surface area contributed by atoms with E-state index in [9.17, 15) is 4.79 Å². The van der Waals surface area contributed by atoms with Crippen molar-refractivity contribution in [1.29, 1.82) is 0 Å². The molecule has 0 aromatic carbocycles. The first kappa shape index (κ1) is 14.0. The highest BCUT2D eigenvalue weighted by atomic mass is 32.1. The van der Waals surface area contributed by atoms with Crippen LogP contribution in [0.25, 0.3) is 0 Å². The quantitative estimate of drug-likeness (QED) is 0.904. The number of nitrogens with one attached hydrogen (secondary N) is 1. The maximum absolute atomic E-state index is 12.0. The summed E-state index contributed by atoms with van der Waals surface area (Å²) in [6.07, 6.45) is 5.09. The number of aromatic nitrogens is 1. The average Bonchev–Trinajstić information content (AvgIpc) is 3.11. The molecule has 2 heterocycles. The molecule has 1 N–H and O–H groups in total. The Morgan fingerprint density at radius 2 is 2.45 bits per heavy atom. The number of fused-ring (bicyclic) bond motifs is 1. The van der Waals surface area contributed by atoms with Gasteiger partial charge in [-0.25, -0.2) is 4.98 Å². The second-order valence-electron chi connectivity index (χ2n) is 5.34. The van der Waals surface area contributed by atoms with Crippen molar-refractivity contribution in [3.05, 3.63) is 10.6 Å². The lowest BCUT2D eigenvalue weighted by Crippen LogP contribution is -2.30. The number of aryl methyl sites for hydroxylation is 2. The molecule has 2 aliphatic rings. The van der Waals surface area contributed by atoms with Crippen LogP contribution in [0.1, 0.15) is 36.8 Å². The second-order valence-corrected chi connectivity index (χ2v) is 6.43. The van der Waals surface area contributed by atoms with Gasteiger partial charge in [0.15, 0.2) is 5.13 Å². The topological polar surface area (TPSA) is 60.5 Å². The smallest absolute Gasteiger partial charge is 0.254 e. The van der Waals surface area contributed by atoms with Crippen molar-refractivity contribution in [1.82, 2.24) is 4.98 Å². The Morgan fingerprint density at radius 3 is 3.20 bits per heavy atom. The number of nitrogens with zero attached hydrogens (tertiary/aromatic N) is 1. The zero-order chi connectivity index (χ0) is 13.9. The van der Waals surface area contributed by atoms with E-state index in [4.69, 9.17) is 9.47 Å². The normalized spacial score (nSPS) is 22.8. The van der Waals surface area contributed by atoms with Crippen LogP contribution < -0.4 is 5.32 Å². The Labute approximate surface area is 122 Å². The van der Waals surface area contributed by atoms with E-state index in [1.807, 2.05) is 0 Å². The summed E-state index contributed by atoms with van der Waals surface area (Å²) in [6, 6.07) is 0. The van der Waals surface area contributed by atoms with Crippen LogP contribution in [-0.2, 0) is 27.1 Å². The van der Waals surface area contributed by atoms with Crippen molar-refractivity contribution in [2.45, 2.75) is 51.2 Å². The zero-order valence-electron chi connectivity index (χ0n) is 11.7. The van der Waals surface area contributed by atoms with E-state index in [0.717, 1.165) is 38.0 Å². The highest BCUT2D eigenvalue weighted by Gasteiger charge is 2.22. The minimum absolute atomic E-state index is 0.129. The average molecular weight is 296 g/mol. The molecule has 5 nitrogen and oxygen atoms in total. The number of ether oxygens (including phenoxy) is 2. The predicted molar refractivity (Wildman–Crippen MR) is 77.2 cm³/mol. The molecule has 0 radical (unpaired) electrons. The molecule has 1 fully saturated rings. The molecule has 6 heteroatoms. The molecule has 2 atom stereocenters. The number of amides is 1. The third kappa shape index (κ3) is 3.19. The molecule has 0 saturated carbocycles. The molecule has 1 saturated heterocycles. The van der Waals surface area contributed by atoms with E-state index in [0.29, 0.717) is 11.7 Å². The summed E-state index contributed by atoms with van der Waals surface area (Å²) in [6.45, 7) is 3.06. The van der Waals surface area contributed by atoms with E-state index < -0.39 is 6.10 Å². The van der Waals surface area contributed by atoms with Crippen molar-refractivity contribution in [2.24, 2.45) is 0 Å². The van der Waals surface area contributed by atoms with Gasteiger partial charge in [0.05, 0.1) is 18.4 Å². The molecular weight excluding hydrogens is 276 g/mol. The summed E-state index contributed by atoms with van der Waals surface area (Å²) in [5.41, 5.74) is 1.15. The van der Waals surface area contributed by atoms with Crippen molar-refractivity contribution in [3.8, 4) is 0 Å². The van der Waals surface area contributed by atoms with Crippen molar-refractivity contribution >= 4 is 22.4 Å². The minimum atomic E-state index is -0.474. The number of carbonyl (C=O) groups excluding carboxylic acids is 1. The minimum Gasteiger partial charge on any atom is -0.376 e. The first-order valence-corrected chi connectivity index (χ1v) is 8.06. The molecule has 1 aliphatic carbocycles. The Bertz CT molecular complexity index is 461. The van der Waals surface area contributed by atoms with Crippen LogP contribution in [0.4, 0.5) is 5.13 Å². The Kier molecular flexibility index (Phi) is 4.33. The lowest BCUT2D eigenvalue weighted by Gasteiger charge is -2.15. The van der Waals surface area contributed by atoms with E-state index in [-0.39, 0.29) is 12.0 Å². The summed E-state index contributed by atoms with van der Waals surface area (Å²) in [5, 5.41) is 3.55. The summed E-state index contributed by atoms with van der Waals surface area (Å²) in [5.74, 6) is -0.129. The number of rotatable bonds is 5. The zero-order valence-corrected chi connectivity index (χ0v) is 12.5. The van der Waals surface area contributed by atoms with Gasteiger partial charge in [-0.1, -0.05) is 0 Å². The largest absolute Gasteiger partial charge is 0.376 e. The van der Waals surface area contributed by atoms with Crippen LogP contribution in [0.15, 0.2) is 0 Å². The molecular formula is C14H20N2O3S. The fourth-order valence-corrected chi connectivity index (χ4v) is 3.61. The summed E-state index contributed by atoms with van der Waals surface area (Å²) in [7, 11) is 0. The van der Waals surface area contributed by atoms with Crippen molar-refractivity contribution < 1.29 is 14.3 Å². The van der Waals surface area contributed by atoms with Crippen LogP contribution in [-0.4, -0.2) is 36.3 Å². The Balaban J connectivity index is 1.47. The van der Waals surface area contributed by atoms with Gasteiger partial charge in [0.25, 0.3) is 5.91 Å². The van der Waals surface area contributed by atoms with Gasteiger partial charge < -0.3 is 9.47 Å². The van der Waals surface area contributed by atoms with Crippen LogP contribution in [0.2, 0.25) is 0 Å². The first-order valence-electron chi connectivity index (χ1n) is 7.25. The van der Waals surface area contributed by atoms with Gasteiger partial charge in [0, 0.05) is 11.5 Å². The summed E-state index contributed by atoms with van der Waals surface area (Å²) < 4.78 is 11.1. The van der Waals surface area contributed by atoms with Crippen LogP contribution in [0.3, 0.4) is 0 Å². The van der Waals surface area contributed by atoms with Crippen LogP contribution >= 0.6 is 11.3 Å². The van der Waals surface area contributed by atoms with E-state index in [1.165, 1.54) is 11.3 Å². The molecule has 0 spiro atoms. The molecule has 110 valence electrons. The van der Waals surface area contributed by atoms with E-state index in [2.05, 4.69) is 10.3 Å². The lowest BCUT2D eigenvalue weighted by atomic mass is 10.2. The van der Waals surface area contributed by atoms with E-state index >= 15 is 0 Å². The Hall–Kier alpha value is -0.980. The number of carbonyl (C=O) groups is 1. The highest BCUT2D eigenvalue weighted by Crippen LogP contribution is 2.30.